The van der Waals surface area contributed by atoms with Crippen molar-refractivity contribution < 1.29 is 0 Å². The van der Waals surface area contributed by atoms with Gasteiger partial charge in [0, 0.05) is 56.5 Å². The van der Waals surface area contributed by atoms with Crippen LogP contribution in [0.15, 0.2) is 346 Å². The largest absolute Gasteiger partial charge is 0.258 e. The molecule has 106 heavy (non-hydrogen) atoms. The van der Waals surface area contributed by atoms with Crippen LogP contribution in [0.5, 0.6) is 0 Å². The summed E-state index contributed by atoms with van der Waals surface area (Å²) >= 11 is 0. The molecule has 0 saturated carbocycles. The molecular formula is C99H69N7. The van der Waals surface area contributed by atoms with E-state index in [1.807, 2.05) is 20.0 Å². The smallest absolute Gasteiger partial charge is 0.164 e. The number of aryl methyl sites for hydroxylation is 4. The number of fused-ring (bicyclic) bond motifs is 7. The molecule has 2 aliphatic carbocycles. The van der Waals surface area contributed by atoms with Gasteiger partial charge in [0.2, 0.25) is 0 Å². The lowest BCUT2D eigenvalue weighted by atomic mass is 9.67. The zero-order valence-electron chi connectivity index (χ0n) is 59.0. The summed E-state index contributed by atoms with van der Waals surface area (Å²) in [5.41, 5.74) is 30.6. The van der Waals surface area contributed by atoms with Gasteiger partial charge in [0.15, 0.2) is 17.5 Å². The van der Waals surface area contributed by atoms with Gasteiger partial charge in [-0.25, -0.2) is 24.9 Å². The van der Waals surface area contributed by atoms with Crippen LogP contribution in [0.1, 0.15) is 67.3 Å². The maximum atomic E-state index is 5.73. The molecule has 0 fully saturated rings. The molecule has 1 unspecified atom stereocenters. The molecule has 0 saturated heterocycles. The summed E-state index contributed by atoms with van der Waals surface area (Å²) in [4.78, 5) is 37.3. The average Bonchev–Trinajstić information content (AvgIpc) is 1.53. The zero-order valence-corrected chi connectivity index (χ0v) is 59.0. The molecule has 4 heterocycles. The average molecular weight is 1360 g/mol. The standard InChI is InChI=1S/C99H69N7/c1-62-54-55-100-90(56-62)69-32-26-39-74(58-69)99(73-37-15-8-16-38-73)87-48-24-21-44-82(87)93-84(46-27-49-88(93)99)92-61-91(66-28-9-5-10-29-66)104-96(105-92)81-53-52-77(78-41-18-19-42-79(78)81)68-31-25-30-67(57-68)76-40-17-20-43-80(76)95-102-65(4)103-97(106-95)85-59-70(75-51-50-63(2)101-64(75)3)60-89-94(85)83-45-22-23-47-86(83)98(89,71-33-11-6-12-34-71)72-35-13-7-14-36-72/h5-61H,1-4H3. The van der Waals surface area contributed by atoms with E-state index in [0.717, 1.165) is 128 Å². The predicted molar refractivity (Wildman–Crippen MR) is 431 cm³/mol. The van der Waals surface area contributed by atoms with Gasteiger partial charge >= 0.3 is 0 Å². The van der Waals surface area contributed by atoms with Crippen LogP contribution in [0, 0.1) is 27.7 Å². The van der Waals surface area contributed by atoms with Crippen LogP contribution in [-0.2, 0) is 10.8 Å². The van der Waals surface area contributed by atoms with Gasteiger partial charge in [0.25, 0.3) is 0 Å². The van der Waals surface area contributed by atoms with Gasteiger partial charge in [0.1, 0.15) is 5.82 Å². The van der Waals surface area contributed by atoms with Crippen LogP contribution in [0.2, 0.25) is 0 Å². The van der Waals surface area contributed by atoms with Gasteiger partial charge in [0.05, 0.1) is 27.9 Å². The molecular weight excluding hydrogens is 1290 g/mol. The fourth-order valence-electron chi connectivity index (χ4n) is 17.2. The normalized spacial score (nSPS) is 13.8. The highest BCUT2D eigenvalue weighted by atomic mass is 15.0. The van der Waals surface area contributed by atoms with Crippen molar-refractivity contribution in [1.29, 1.82) is 0 Å². The SMILES string of the molecule is Cc1ccnc(-c2cccc(C3(c4ccccc4)c4ccccc4-c4c(-c5cc(-c6ccccc6)nc(-c6ccc(-c7cccc(-c8ccccc8-c8nc(C)nc(-c9cc(-c%10ccc(C)nc%10C)cc%10c9-c9ccccc9C%10(c9ccccc9)c9ccccc9)n8)c7)c7ccccc67)n5)cccc43)c2)c1. The molecule has 19 rings (SSSR count). The molecule has 2 aliphatic rings. The molecule has 1 atom stereocenters. The van der Waals surface area contributed by atoms with Gasteiger partial charge in [-0.15, -0.1) is 0 Å². The topological polar surface area (TPSA) is 90.2 Å². The second kappa shape index (κ2) is 25.8. The first-order valence-electron chi connectivity index (χ1n) is 36.3. The van der Waals surface area contributed by atoms with Crippen molar-refractivity contribution in [1.82, 2.24) is 34.9 Å². The van der Waals surface area contributed by atoms with E-state index >= 15 is 0 Å². The lowest BCUT2D eigenvalue weighted by Gasteiger charge is -2.34. The second-order valence-corrected chi connectivity index (χ2v) is 27.9. The van der Waals surface area contributed by atoms with E-state index in [2.05, 4.69) is 354 Å². The third-order valence-electron chi connectivity index (χ3n) is 21.8. The minimum Gasteiger partial charge on any atom is -0.258 e. The third-order valence-corrected chi connectivity index (χ3v) is 21.8. The third kappa shape index (κ3) is 10.4. The highest BCUT2D eigenvalue weighted by Gasteiger charge is 2.49. The summed E-state index contributed by atoms with van der Waals surface area (Å²) in [6, 6.07) is 123. The van der Waals surface area contributed by atoms with E-state index in [1.165, 1.54) is 50.1 Å². The van der Waals surface area contributed by atoms with Crippen LogP contribution < -0.4 is 0 Å². The first-order chi connectivity index (χ1) is 52.2. The zero-order chi connectivity index (χ0) is 71.0. The minimum absolute atomic E-state index is 0.591. The molecule has 7 nitrogen and oxygen atoms in total. The van der Waals surface area contributed by atoms with Gasteiger partial charge in [-0.1, -0.05) is 285 Å². The summed E-state index contributed by atoms with van der Waals surface area (Å²) in [5, 5.41) is 2.13. The van der Waals surface area contributed by atoms with E-state index in [0.29, 0.717) is 23.3 Å². The Labute approximate surface area is 617 Å². The summed E-state index contributed by atoms with van der Waals surface area (Å²) in [7, 11) is 0. The van der Waals surface area contributed by atoms with Crippen LogP contribution in [-0.4, -0.2) is 34.9 Å². The van der Waals surface area contributed by atoms with Crippen LogP contribution >= 0.6 is 0 Å². The number of benzene rings is 13. The molecule has 4 aromatic heterocycles. The van der Waals surface area contributed by atoms with E-state index in [-0.39, 0.29) is 0 Å². The van der Waals surface area contributed by atoms with E-state index < -0.39 is 10.8 Å². The molecule has 500 valence electrons. The molecule has 0 N–H and O–H groups in total. The lowest BCUT2D eigenvalue weighted by Crippen LogP contribution is -2.28. The molecule has 7 heteroatoms. The van der Waals surface area contributed by atoms with Crippen LogP contribution in [0.25, 0.3) is 134 Å². The molecule has 0 bridgehead atoms. The Morgan fingerprint density at radius 1 is 0.236 bits per heavy atom. The Bertz CT molecular complexity index is 6290. The first-order valence-corrected chi connectivity index (χ1v) is 36.3. The number of rotatable bonds is 13. The fraction of sp³-hybridized carbons (Fsp3) is 0.0606. The summed E-state index contributed by atoms with van der Waals surface area (Å²) in [6.45, 7) is 8.26. The van der Waals surface area contributed by atoms with Gasteiger partial charge in [-0.2, -0.15) is 0 Å². The molecule has 0 spiro atoms. The number of pyridine rings is 2. The summed E-state index contributed by atoms with van der Waals surface area (Å²) in [5.74, 6) is 2.45. The fourth-order valence-corrected chi connectivity index (χ4v) is 17.2. The van der Waals surface area contributed by atoms with Crippen molar-refractivity contribution in [3.63, 3.8) is 0 Å². The molecule has 17 aromatic rings. The predicted octanol–water partition coefficient (Wildman–Crippen LogP) is 23.6. The molecule has 0 radical (unpaired) electrons. The lowest BCUT2D eigenvalue weighted by molar-refractivity contribution is 0.768. The first kappa shape index (κ1) is 63.4. The van der Waals surface area contributed by atoms with Crippen molar-refractivity contribution in [3.05, 3.63) is 413 Å². The van der Waals surface area contributed by atoms with Crippen molar-refractivity contribution >= 4 is 10.8 Å². The summed E-state index contributed by atoms with van der Waals surface area (Å²) in [6.07, 6.45) is 1.90. The maximum Gasteiger partial charge on any atom is 0.164 e. The quantitative estimate of drug-likeness (QED) is 0.114. The highest BCUT2D eigenvalue weighted by Crippen LogP contribution is 2.61. The highest BCUT2D eigenvalue weighted by molar-refractivity contribution is 6.06. The van der Waals surface area contributed by atoms with Crippen LogP contribution in [0.4, 0.5) is 0 Å². The Balaban J connectivity index is 0.737. The van der Waals surface area contributed by atoms with Crippen molar-refractivity contribution in [2.24, 2.45) is 0 Å². The Kier molecular flexibility index (Phi) is 15.4. The monoisotopic (exact) mass is 1360 g/mol. The Morgan fingerprint density at radius 3 is 1.39 bits per heavy atom. The molecule has 0 aliphatic heterocycles. The maximum absolute atomic E-state index is 5.73. The van der Waals surface area contributed by atoms with Gasteiger partial charge < -0.3 is 0 Å². The number of aromatic nitrogens is 7. The molecule has 13 aromatic carbocycles. The van der Waals surface area contributed by atoms with Crippen molar-refractivity contribution in [2.75, 3.05) is 0 Å². The van der Waals surface area contributed by atoms with Gasteiger partial charge in [-0.05, 0) is 193 Å². The van der Waals surface area contributed by atoms with Gasteiger partial charge in [-0.3, -0.25) is 9.97 Å². The number of hydrogen-bond acceptors (Lipinski definition) is 7. The number of hydrogen-bond donors (Lipinski definition) is 0. The summed E-state index contributed by atoms with van der Waals surface area (Å²) < 4.78 is 0. The second-order valence-electron chi connectivity index (χ2n) is 27.9. The van der Waals surface area contributed by atoms with Crippen molar-refractivity contribution in [3.8, 4) is 124 Å². The van der Waals surface area contributed by atoms with E-state index in [1.54, 1.807) is 0 Å². The van der Waals surface area contributed by atoms with Crippen molar-refractivity contribution in [2.45, 2.75) is 38.5 Å². The number of nitrogens with zero attached hydrogens (tertiary/aromatic N) is 7. The van der Waals surface area contributed by atoms with Crippen LogP contribution in [0.3, 0.4) is 0 Å². The van der Waals surface area contributed by atoms with E-state index in [9.17, 15) is 0 Å². The van der Waals surface area contributed by atoms with E-state index in [4.69, 9.17) is 34.9 Å². The minimum atomic E-state index is -0.676. The Hall–Kier alpha value is -13.5. The molecule has 0 amide bonds. The Morgan fingerprint density at radius 2 is 0.717 bits per heavy atom.